The predicted molar refractivity (Wildman–Crippen MR) is 173 cm³/mol. The molecule has 12 atom stereocenters. The topological polar surface area (TPSA) is 129 Å². The van der Waals surface area contributed by atoms with Gasteiger partial charge in [-0.2, -0.15) is 0 Å². The highest BCUT2D eigenvalue weighted by Crippen LogP contribution is 2.46. The van der Waals surface area contributed by atoms with Crippen LogP contribution in [-0.4, -0.2) is 54.8 Å². The van der Waals surface area contributed by atoms with Gasteiger partial charge in [-0.25, -0.2) is 0 Å². The number of carbonyl (C=O) groups is 2. The summed E-state index contributed by atoms with van der Waals surface area (Å²) in [6, 6.07) is 0. The van der Waals surface area contributed by atoms with E-state index in [4.69, 9.17) is 10.5 Å². The standard InChI is InChI=1S/C38H61N2O5/c1-3-4-8-24-17-26(18-25-15-16-40-36(39)21-25)19-28-11-13-30(27-9-6-5-7-10-27)31-23-34(42)35(45-2)22-29(31)12-14-33(41)38(44)37(43)32(28)20-24/h24-32,34-36,38,40,42H,3-10,12,14-23,39H2,1-2H3/q-1/p+1/t24-,25?,26-,28-,29?,30+,31?,32-,34?,35?,36?,38-/m0/s1. The van der Waals surface area contributed by atoms with Gasteiger partial charge in [-0.3, -0.25) is 5.73 Å². The van der Waals surface area contributed by atoms with Gasteiger partial charge < -0.3 is 29.9 Å². The van der Waals surface area contributed by atoms with Gasteiger partial charge in [-0.1, -0.05) is 57.3 Å². The van der Waals surface area contributed by atoms with Gasteiger partial charge in [0, 0.05) is 37.7 Å². The van der Waals surface area contributed by atoms with E-state index in [9.17, 15) is 19.8 Å². The van der Waals surface area contributed by atoms with Crippen LogP contribution in [0, 0.1) is 65.1 Å². The summed E-state index contributed by atoms with van der Waals surface area (Å²) in [5.41, 5.74) is 6.36. The van der Waals surface area contributed by atoms with Crippen LogP contribution in [0.2, 0.25) is 0 Å². The lowest BCUT2D eigenvalue weighted by Gasteiger charge is -2.44. The van der Waals surface area contributed by atoms with Crippen LogP contribution in [-0.2, 0) is 14.3 Å². The number of fused-ring (bicyclic) bond motifs is 2. The zero-order valence-electron chi connectivity index (χ0n) is 28.2. The van der Waals surface area contributed by atoms with E-state index >= 15 is 0 Å². The molecule has 5 aliphatic rings. The van der Waals surface area contributed by atoms with Crippen LogP contribution in [0.25, 0.3) is 0 Å². The Morgan fingerprint density at radius 3 is 2.47 bits per heavy atom. The van der Waals surface area contributed by atoms with Crippen molar-refractivity contribution in [2.24, 2.45) is 59.0 Å². The molecular weight excluding hydrogens is 564 g/mol. The number of piperidine rings is 1. The number of unbranched alkanes of at least 4 members (excludes halogenated alkanes) is 1. The lowest BCUT2D eigenvalue weighted by molar-refractivity contribution is -0.699. The number of methoxy groups -OCH3 is 1. The molecule has 1 heterocycles. The second-order valence-electron chi connectivity index (χ2n) is 15.8. The molecule has 0 radical (unpaired) electrons. The monoisotopic (exact) mass is 626 g/mol. The number of carbonyl (C=O) groups excluding carboxylic acids is 2. The molecule has 0 bridgehead atoms. The Morgan fingerprint density at radius 2 is 1.73 bits per heavy atom. The third kappa shape index (κ3) is 8.99. The average molecular weight is 627 g/mol. The number of quaternary nitrogens is 1. The summed E-state index contributed by atoms with van der Waals surface area (Å²) < 4.78 is 5.68. The van der Waals surface area contributed by atoms with Gasteiger partial charge >= 0.3 is 0 Å². The van der Waals surface area contributed by atoms with Crippen molar-refractivity contribution in [2.75, 3.05) is 13.7 Å². The molecule has 0 aromatic rings. The molecule has 0 aromatic carbocycles. The summed E-state index contributed by atoms with van der Waals surface area (Å²) in [6.45, 7) is 3.29. The van der Waals surface area contributed by atoms with Crippen molar-refractivity contribution in [1.82, 2.24) is 0 Å². The van der Waals surface area contributed by atoms with Crippen molar-refractivity contribution >= 4 is 11.6 Å². The number of aliphatic hydroxyl groups is 1. The van der Waals surface area contributed by atoms with Crippen LogP contribution in [0.3, 0.4) is 0 Å². The first-order valence-corrected chi connectivity index (χ1v) is 18.8. The number of nitrogens with two attached hydrogens (primary N) is 2. The van der Waals surface area contributed by atoms with Crippen LogP contribution in [0.15, 0.2) is 0 Å². The van der Waals surface area contributed by atoms with Gasteiger partial charge in [0.2, 0.25) is 0 Å². The number of Topliss-reactive ketones (excluding diaryl/α,β-unsaturated/α-hetero) is 2. The van der Waals surface area contributed by atoms with Gasteiger partial charge in [0.05, 0.1) is 18.8 Å². The van der Waals surface area contributed by atoms with E-state index in [1.165, 1.54) is 25.7 Å². The Balaban J connectivity index is 1.51. The average Bonchev–Trinajstić information content (AvgIpc) is 3.21. The minimum Gasteiger partial charge on any atom is -0.841 e. The molecule has 0 amide bonds. The van der Waals surface area contributed by atoms with E-state index in [0.29, 0.717) is 49.4 Å². The van der Waals surface area contributed by atoms with Crippen LogP contribution in [0.4, 0.5) is 0 Å². The molecule has 5 N–H and O–H groups in total. The highest BCUT2D eigenvalue weighted by Gasteiger charge is 2.44. The van der Waals surface area contributed by atoms with E-state index in [1.807, 2.05) is 0 Å². The van der Waals surface area contributed by atoms with E-state index in [-0.39, 0.29) is 42.4 Å². The van der Waals surface area contributed by atoms with Gasteiger partial charge in [0.25, 0.3) is 0 Å². The zero-order chi connectivity index (χ0) is 31.9. The molecule has 0 spiro atoms. The number of hydrogen-bond donors (Lipinski definition) is 3. The molecule has 1 aliphatic heterocycles. The Kier molecular flexibility index (Phi) is 13.0. The normalized spacial score (nSPS) is 42.2. The SMILES string of the molecule is CCCC[C@H]1C[C@@H](CC2CC[NH2+]C(N)C2)C[C@@H]2C#C[C@H](C3CCCCC3)C3CC(O)C(OC)CC3CCC(=O)[C@H]([O-])C(=O)[C@H]2C1. The molecule has 5 rings (SSSR count). The fourth-order valence-corrected chi connectivity index (χ4v) is 10.3. The molecule has 7 nitrogen and oxygen atoms in total. The maximum Gasteiger partial charge on any atom is 0.137 e. The van der Waals surface area contributed by atoms with Crippen molar-refractivity contribution in [3.63, 3.8) is 0 Å². The van der Waals surface area contributed by atoms with Crippen LogP contribution in [0.1, 0.15) is 122 Å². The first-order chi connectivity index (χ1) is 21.8. The van der Waals surface area contributed by atoms with E-state index in [2.05, 4.69) is 24.1 Å². The van der Waals surface area contributed by atoms with Gasteiger partial charge in [-0.15, -0.1) is 0 Å². The molecule has 45 heavy (non-hydrogen) atoms. The van der Waals surface area contributed by atoms with E-state index < -0.39 is 29.7 Å². The van der Waals surface area contributed by atoms with Crippen LogP contribution < -0.4 is 16.2 Å². The van der Waals surface area contributed by atoms with Crippen LogP contribution in [0.5, 0.6) is 0 Å². The Bertz CT molecular complexity index is 1030. The molecule has 1 saturated heterocycles. The van der Waals surface area contributed by atoms with Crippen molar-refractivity contribution in [3.8, 4) is 11.8 Å². The quantitative estimate of drug-likeness (QED) is 0.292. The lowest BCUT2D eigenvalue weighted by atomic mass is 9.63. The Morgan fingerprint density at radius 1 is 0.933 bits per heavy atom. The molecule has 4 fully saturated rings. The lowest BCUT2D eigenvalue weighted by Crippen LogP contribution is -2.94. The largest absolute Gasteiger partial charge is 0.841 e. The fourth-order valence-electron chi connectivity index (χ4n) is 10.3. The van der Waals surface area contributed by atoms with Gasteiger partial charge in [0.1, 0.15) is 17.7 Å². The number of rotatable bonds is 7. The predicted octanol–water partition coefficient (Wildman–Crippen LogP) is 3.74. The summed E-state index contributed by atoms with van der Waals surface area (Å²) in [7, 11) is 1.65. The highest BCUT2D eigenvalue weighted by molar-refractivity contribution is 6.05. The Hall–Kier alpha value is -1.30. The maximum absolute atomic E-state index is 14.1. The first kappa shape index (κ1) is 35.0. The summed E-state index contributed by atoms with van der Waals surface area (Å²) >= 11 is 0. The molecule has 0 aromatic heterocycles. The number of aliphatic hydroxyl groups excluding tert-OH is 1. The van der Waals surface area contributed by atoms with Crippen molar-refractivity contribution in [2.45, 2.75) is 147 Å². The number of ketones is 2. The first-order valence-electron chi connectivity index (χ1n) is 18.8. The van der Waals surface area contributed by atoms with Crippen LogP contribution >= 0.6 is 0 Å². The minimum absolute atomic E-state index is 0.136. The van der Waals surface area contributed by atoms with Gasteiger partial charge in [0.15, 0.2) is 0 Å². The number of ether oxygens (including phenoxy) is 1. The van der Waals surface area contributed by atoms with E-state index in [1.54, 1.807) is 7.11 Å². The molecule has 6 unspecified atom stereocenters. The highest BCUT2D eigenvalue weighted by atomic mass is 16.5. The third-order valence-electron chi connectivity index (χ3n) is 12.7. The molecule has 7 heteroatoms. The third-order valence-corrected chi connectivity index (χ3v) is 12.7. The summed E-state index contributed by atoms with van der Waals surface area (Å²) in [5, 5.41) is 27.0. The fraction of sp³-hybridized carbons (Fsp3) is 0.895. The second-order valence-corrected chi connectivity index (χ2v) is 15.8. The van der Waals surface area contributed by atoms with Crippen molar-refractivity contribution in [3.05, 3.63) is 0 Å². The summed E-state index contributed by atoms with van der Waals surface area (Å²) in [5.74, 6) is 8.48. The molecule has 4 aliphatic carbocycles. The molecule has 254 valence electrons. The van der Waals surface area contributed by atoms with Crippen molar-refractivity contribution in [1.29, 1.82) is 0 Å². The Labute approximate surface area is 272 Å². The smallest absolute Gasteiger partial charge is 0.137 e. The minimum atomic E-state index is -1.81. The van der Waals surface area contributed by atoms with E-state index in [0.717, 1.165) is 64.3 Å². The number of hydrogen-bond acceptors (Lipinski definition) is 6. The second kappa shape index (κ2) is 16.7. The van der Waals surface area contributed by atoms with Crippen molar-refractivity contribution < 1.29 is 29.9 Å². The molecular formula is C38H62N2O5. The zero-order valence-corrected chi connectivity index (χ0v) is 28.2. The maximum atomic E-state index is 14.1. The van der Waals surface area contributed by atoms with Gasteiger partial charge in [-0.05, 0) is 106 Å². The summed E-state index contributed by atoms with van der Waals surface area (Å²) in [4.78, 5) is 27.5. The summed E-state index contributed by atoms with van der Waals surface area (Å²) in [6.07, 6.45) is 14.8. The molecule has 3 saturated carbocycles.